The number of benzene rings is 1. The molecule has 19 heavy (non-hydrogen) atoms. The van der Waals surface area contributed by atoms with Gasteiger partial charge in [-0.3, -0.25) is 4.72 Å². The van der Waals surface area contributed by atoms with Gasteiger partial charge in [-0.15, -0.1) is 0 Å². The average Bonchev–Trinajstić information content (AvgIpc) is 2.31. The molecule has 0 fully saturated rings. The first-order valence-electron chi connectivity index (χ1n) is 5.29. The van der Waals surface area contributed by atoms with Gasteiger partial charge in [-0.25, -0.2) is 17.8 Å². The van der Waals surface area contributed by atoms with E-state index in [1.807, 2.05) is 6.92 Å². The van der Waals surface area contributed by atoms with Gasteiger partial charge >= 0.3 is 0 Å². The van der Waals surface area contributed by atoms with E-state index in [-0.39, 0.29) is 15.7 Å². The van der Waals surface area contributed by atoms with Crippen LogP contribution in [0.2, 0.25) is 5.02 Å². The van der Waals surface area contributed by atoms with Gasteiger partial charge < -0.3 is 0 Å². The van der Waals surface area contributed by atoms with Crippen LogP contribution in [-0.4, -0.2) is 13.4 Å². The molecule has 0 bridgehead atoms. The van der Waals surface area contributed by atoms with E-state index in [0.717, 1.165) is 23.8 Å². The van der Waals surface area contributed by atoms with E-state index in [9.17, 15) is 12.8 Å². The number of nitrogens with one attached hydrogen (secondary N) is 1. The fraction of sp³-hybridized carbons (Fsp3) is 0.0833. The second-order valence-electron chi connectivity index (χ2n) is 3.90. The molecule has 0 saturated carbocycles. The number of anilines is 1. The van der Waals surface area contributed by atoms with Crippen molar-refractivity contribution in [3.8, 4) is 0 Å². The van der Waals surface area contributed by atoms with Gasteiger partial charge in [0, 0.05) is 6.20 Å². The molecule has 0 aliphatic rings. The summed E-state index contributed by atoms with van der Waals surface area (Å²) < 4.78 is 39.3. The van der Waals surface area contributed by atoms with E-state index in [0.29, 0.717) is 0 Å². The van der Waals surface area contributed by atoms with E-state index >= 15 is 0 Å². The number of aromatic nitrogens is 1. The smallest absolute Gasteiger partial charge is 0.263 e. The highest BCUT2D eigenvalue weighted by Gasteiger charge is 2.18. The molecule has 0 aliphatic heterocycles. The fourth-order valence-electron chi connectivity index (χ4n) is 1.41. The molecule has 0 spiro atoms. The number of aryl methyl sites for hydroxylation is 1. The monoisotopic (exact) mass is 300 g/mol. The normalized spacial score (nSPS) is 11.3. The third-order valence-electron chi connectivity index (χ3n) is 2.33. The van der Waals surface area contributed by atoms with E-state index < -0.39 is 15.8 Å². The first-order valence-corrected chi connectivity index (χ1v) is 7.15. The third kappa shape index (κ3) is 3.21. The maximum atomic E-state index is 12.9. The summed E-state index contributed by atoms with van der Waals surface area (Å²) in [6.07, 6.45) is 1.53. The quantitative estimate of drug-likeness (QED) is 0.948. The molecule has 0 unspecified atom stereocenters. The van der Waals surface area contributed by atoms with Crippen LogP contribution < -0.4 is 4.72 Å². The van der Waals surface area contributed by atoms with Crippen molar-refractivity contribution in [2.45, 2.75) is 11.8 Å². The van der Waals surface area contributed by atoms with Crippen molar-refractivity contribution in [2.75, 3.05) is 4.72 Å². The molecule has 100 valence electrons. The molecular weight excluding hydrogens is 291 g/mol. The molecule has 4 nitrogen and oxygen atoms in total. The standard InChI is InChI=1S/C12H10ClFN2O2S/c1-8-2-5-12(15-7-8)16-19(17,18)11-4-3-9(14)6-10(11)13/h2-7H,1H3,(H,15,16). The van der Waals surface area contributed by atoms with Gasteiger partial charge in [0.1, 0.15) is 16.5 Å². The third-order valence-corrected chi connectivity index (χ3v) is 4.17. The molecule has 0 amide bonds. The summed E-state index contributed by atoms with van der Waals surface area (Å²) >= 11 is 5.73. The number of hydrogen-bond donors (Lipinski definition) is 1. The highest BCUT2D eigenvalue weighted by molar-refractivity contribution is 7.92. The molecule has 0 aliphatic carbocycles. The second kappa shape index (κ2) is 5.14. The largest absolute Gasteiger partial charge is 0.264 e. The lowest BCUT2D eigenvalue weighted by Crippen LogP contribution is -2.14. The second-order valence-corrected chi connectivity index (χ2v) is 5.96. The summed E-state index contributed by atoms with van der Waals surface area (Å²) in [6.45, 7) is 1.84. The minimum Gasteiger partial charge on any atom is -0.263 e. The van der Waals surface area contributed by atoms with Gasteiger partial charge in [0.15, 0.2) is 0 Å². The van der Waals surface area contributed by atoms with Crippen LogP contribution in [0, 0.1) is 12.7 Å². The highest BCUT2D eigenvalue weighted by Crippen LogP contribution is 2.23. The van der Waals surface area contributed by atoms with Gasteiger partial charge in [-0.1, -0.05) is 17.7 Å². The predicted molar refractivity (Wildman–Crippen MR) is 71.2 cm³/mol. The zero-order valence-electron chi connectivity index (χ0n) is 9.89. The molecule has 0 atom stereocenters. The first-order chi connectivity index (χ1) is 8.88. The lowest BCUT2D eigenvalue weighted by Gasteiger charge is -2.08. The maximum Gasteiger partial charge on any atom is 0.264 e. The predicted octanol–water partition coefficient (Wildman–Crippen LogP) is 2.98. The Kier molecular flexibility index (Phi) is 3.73. The molecule has 1 aromatic heterocycles. The van der Waals surface area contributed by atoms with Crippen LogP contribution in [0.4, 0.5) is 10.2 Å². The Bertz CT molecular complexity index is 702. The molecule has 2 rings (SSSR count). The molecule has 0 radical (unpaired) electrons. The molecule has 1 N–H and O–H groups in total. The van der Waals surface area contributed by atoms with Crippen LogP contribution in [0.1, 0.15) is 5.56 Å². The van der Waals surface area contributed by atoms with Crippen molar-refractivity contribution in [2.24, 2.45) is 0 Å². The minimum atomic E-state index is -3.88. The summed E-state index contributed by atoms with van der Waals surface area (Å²) in [5.41, 5.74) is 0.905. The molecule has 2 aromatic rings. The lowest BCUT2D eigenvalue weighted by molar-refractivity contribution is 0.599. The first kappa shape index (κ1) is 13.8. The van der Waals surface area contributed by atoms with Gasteiger partial charge in [0.25, 0.3) is 10.0 Å². The van der Waals surface area contributed by atoms with Crippen LogP contribution in [-0.2, 0) is 10.0 Å². The zero-order chi connectivity index (χ0) is 14.0. The van der Waals surface area contributed by atoms with E-state index in [1.54, 1.807) is 6.07 Å². The number of nitrogens with zero attached hydrogens (tertiary/aromatic N) is 1. The summed E-state index contributed by atoms with van der Waals surface area (Å²) in [5, 5.41) is -0.181. The summed E-state index contributed by atoms with van der Waals surface area (Å²) in [4.78, 5) is 3.73. The SMILES string of the molecule is Cc1ccc(NS(=O)(=O)c2ccc(F)cc2Cl)nc1. The topological polar surface area (TPSA) is 59.1 Å². The number of halogens is 2. The number of hydrogen-bond acceptors (Lipinski definition) is 3. The Hall–Kier alpha value is -1.66. The molecule has 1 aromatic carbocycles. The fourth-order valence-corrected chi connectivity index (χ4v) is 2.95. The highest BCUT2D eigenvalue weighted by atomic mass is 35.5. The van der Waals surface area contributed by atoms with Crippen molar-refractivity contribution in [1.82, 2.24) is 4.98 Å². The Morgan fingerprint density at radius 1 is 1.26 bits per heavy atom. The van der Waals surface area contributed by atoms with Gasteiger partial charge in [-0.05, 0) is 36.8 Å². The number of pyridine rings is 1. The van der Waals surface area contributed by atoms with Crippen molar-refractivity contribution >= 4 is 27.4 Å². The maximum absolute atomic E-state index is 12.9. The van der Waals surface area contributed by atoms with E-state index in [2.05, 4.69) is 9.71 Å². The van der Waals surface area contributed by atoms with E-state index in [1.165, 1.54) is 12.3 Å². The van der Waals surface area contributed by atoms with Crippen molar-refractivity contribution < 1.29 is 12.8 Å². The zero-order valence-corrected chi connectivity index (χ0v) is 11.5. The van der Waals surface area contributed by atoms with Crippen molar-refractivity contribution in [3.05, 3.63) is 52.9 Å². The van der Waals surface area contributed by atoms with Crippen molar-refractivity contribution in [1.29, 1.82) is 0 Å². The van der Waals surface area contributed by atoms with Crippen LogP contribution in [0.3, 0.4) is 0 Å². The molecular formula is C12H10ClFN2O2S. The Labute approximate surface area is 115 Å². The van der Waals surface area contributed by atoms with Crippen LogP contribution in [0.5, 0.6) is 0 Å². The minimum absolute atomic E-state index is 0.172. The lowest BCUT2D eigenvalue weighted by atomic mass is 10.3. The average molecular weight is 301 g/mol. The summed E-state index contributed by atoms with van der Waals surface area (Å²) in [7, 11) is -3.88. The van der Waals surface area contributed by atoms with Gasteiger partial charge in [0.2, 0.25) is 0 Å². The number of sulfonamides is 1. The Morgan fingerprint density at radius 3 is 2.58 bits per heavy atom. The Balaban J connectivity index is 2.35. The Morgan fingerprint density at radius 2 is 2.00 bits per heavy atom. The van der Waals surface area contributed by atoms with Gasteiger partial charge in [0.05, 0.1) is 5.02 Å². The molecule has 0 saturated heterocycles. The molecule has 1 heterocycles. The summed E-state index contributed by atoms with van der Waals surface area (Å²) in [5.74, 6) is -0.427. The van der Waals surface area contributed by atoms with Gasteiger partial charge in [-0.2, -0.15) is 0 Å². The summed E-state index contributed by atoms with van der Waals surface area (Å²) in [6, 6.07) is 6.33. The van der Waals surface area contributed by atoms with E-state index in [4.69, 9.17) is 11.6 Å². The molecule has 7 heteroatoms. The van der Waals surface area contributed by atoms with Crippen LogP contribution >= 0.6 is 11.6 Å². The van der Waals surface area contributed by atoms with Crippen molar-refractivity contribution in [3.63, 3.8) is 0 Å². The number of rotatable bonds is 3. The van der Waals surface area contributed by atoms with Crippen LogP contribution in [0.25, 0.3) is 0 Å². The van der Waals surface area contributed by atoms with Crippen LogP contribution in [0.15, 0.2) is 41.4 Å².